The lowest BCUT2D eigenvalue weighted by atomic mass is 10.1. The van der Waals surface area contributed by atoms with E-state index in [0.29, 0.717) is 11.6 Å². The van der Waals surface area contributed by atoms with Crippen LogP contribution in [-0.4, -0.2) is 17.0 Å². The van der Waals surface area contributed by atoms with Crippen LogP contribution in [-0.2, 0) is 0 Å². The average molecular weight is 322 g/mol. The van der Waals surface area contributed by atoms with Crippen molar-refractivity contribution < 1.29 is 0 Å². The molecule has 0 fully saturated rings. The van der Waals surface area contributed by atoms with Gasteiger partial charge in [-0.25, -0.2) is 0 Å². The van der Waals surface area contributed by atoms with Gasteiger partial charge in [-0.15, -0.1) is 0 Å². The number of nitrogens with one attached hydrogen (secondary N) is 2. The molecular formula is C13H16BrN5. The molecule has 0 aliphatic carbocycles. The number of aryl methyl sites for hydroxylation is 2. The summed E-state index contributed by atoms with van der Waals surface area (Å²) in [6.45, 7) is 4.09. The van der Waals surface area contributed by atoms with Gasteiger partial charge in [-0.1, -0.05) is 15.9 Å². The third-order valence-corrected chi connectivity index (χ3v) is 3.21. The van der Waals surface area contributed by atoms with E-state index in [9.17, 15) is 0 Å². The lowest BCUT2D eigenvalue weighted by Gasteiger charge is -2.13. The van der Waals surface area contributed by atoms with Crippen LogP contribution in [0.1, 0.15) is 11.1 Å². The maximum absolute atomic E-state index is 5.68. The number of nitrogens with two attached hydrogens (primary N) is 1. The smallest absolute Gasteiger partial charge is 0.223 e. The van der Waals surface area contributed by atoms with Gasteiger partial charge in [-0.05, 0) is 37.1 Å². The van der Waals surface area contributed by atoms with Gasteiger partial charge < -0.3 is 16.4 Å². The second-order valence-electron chi connectivity index (χ2n) is 4.29. The van der Waals surface area contributed by atoms with Crippen molar-refractivity contribution in [1.29, 1.82) is 0 Å². The molecule has 0 aliphatic rings. The van der Waals surface area contributed by atoms with E-state index < -0.39 is 0 Å². The number of rotatable bonds is 3. The van der Waals surface area contributed by atoms with Gasteiger partial charge >= 0.3 is 0 Å². The molecule has 1 aromatic carbocycles. The summed E-state index contributed by atoms with van der Waals surface area (Å²) < 4.78 is 1.06. The number of benzene rings is 1. The van der Waals surface area contributed by atoms with Crippen molar-refractivity contribution in [2.45, 2.75) is 13.8 Å². The summed E-state index contributed by atoms with van der Waals surface area (Å²) in [5.41, 5.74) is 8.98. The predicted molar refractivity (Wildman–Crippen MR) is 82.9 cm³/mol. The summed E-state index contributed by atoms with van der Waals surface area (Å²) in [7, 11) is 1.79. The fraction of sp³-hybridized carbons (Fsp3) is 0.231. The van der Waals surface area contributed by atoms with E-state index in [-0.39, 0.29) is 5.95 Å². The Morgan fingerprint density at radius 2 is 1.63 bits per heavy atom. The van der Waals surface area contributed by atoms with E-state index in [4.69, 9.17) is 5.73 Å². The van der Waals surface area contributed by atoms with E-state index >= 15 is 0 Å². The van der Waals surface area contributed by atoms with Gasteiger partial charge in [0.25, 0.3) is 0 Å². The molecule has 19 heavy (non-hydrogen) atoms. The van der Waals surface area contributed by atoms with Gasteiger partial charge in [0.1, 0.15) is 11.6 Å². The van der Waals surface area contributed by atoms with Crippen molar-refractivity contribution in [2.24, 2.45) is 0 Å². The number of hydrogen-bond donors (Lipinski definition) is 3. The van der Waals surface area contributed by atoms with Crippen LogP contribution < -0.4 is 16.4 Å². The van der Waals surface area contributed by atoms with Crippen LogP contribution in [0.25, 0.3) is 0 Å². The maximum atomic E-state index is 5.68. The Hall–Kier alpha value is -1.82. The highest BCUT2D eigenvalue weighted by Crippen LogP contribution is 2.28. The fourth-order valence-electron chi connectivity index (χ4n) is 1.89. The molecule has 0 spiro atoms. The van der Waals surface area contributed by atoms with Crippen LogP contribution >= 0.6 is 15.9 Å². The molecule has 0 atom stereocenters. The number of anilines is 4. The van der Waals surface area contributed by atoms with Crippen LogP contribution in [0.15, 0.2) is 22.7 Å². The minimum atomic E-state index is 0.238. The Morgan fingerprint density at radius 3 is 2.21 bits per heavy atom. The van der Waals surface area contributed by atoms with E-state index in [0.717, 1.165) is 21.3 Å². The van der Waals surface area contributed by atoms with Crippen molar-refractivity contribution in [3.05, 3.63) is 33.8 Å². The first-order valence-corrected chi connectivity index (χ1v) is 6.65. The fourth-order valence-corrected chi connectivity index (χ4v) is 2.58. The van der Waals surface area contributed by atoms with Gasteiger partial charge in [0.05, 0.1) is 0 Å². The van der Waals surface area contributed by atoms with Gasteiger partial charge in [-0.2, -0.15) is 9.97 Å². The Bertz CT molecular complexity index is 589. The lowest BCUT2D eigenvalue weighted by molar-refractivity contribution is 1.17. The largest absolute Gasteiger partial charge is 0.373 e. The van der Waals surface area contributed by atoms with Crippen molar-refractivity contribution in [1.82, 2.24) is 9.97 Å². The molecule has 0 bridgehead atoms. The predicted octanol–water partition coefficient (Wildman–Crippen LogP) is 3.22. The molecular weight excluding hydrogens is 306 g/mol. The normalized spacial score (nSPS) is 10.3. The number of nitrogen functional groups attached to an aromatic ring is 1. The van der Waals surface area contributed by atoms with Crippen molar-refractivity contribution >= 4 is 39.2 Å². The van der Waals surface area contributed by atoms with Crippen molar-refractivity contribution in [3.63, 3.8) is 0 Å². The third-order valence-electron chi connectivity index (χ3n) is 2.75. The second kappa shape index (κ2) is 5.44. The van der Waals surface area contributed by atoms with Crippen LogP contribution in [0.4, 0.5) is 23.3 Å². The molecule has 0 radical (unpaired) electrons. The summed E-state index contributed by atoms with van der Waals surface area (Å²) in [5, 5.41) is 6.24. The molecule has 1 heterocycles. The van der Waals surface area contributed by atoms with Gasteiger partial charge in [-0.3, -0.25) is 0 Å². The second-order valence-corrected chi connectivity index (χ2v) is 5.20. The Kier molecular flexibility index (Phi) is 3.90. The van der Waals surface area contributed by atoms with Crippen molar-refractivity contribution in [2.75, 3.05) is 23.4 Å². The van der Waals surface area contributed by atoms with E-state index in [1.165, 1.54) is 0 Å². The first-order chi connectivity index (χ1) is 8.99. The van der Waals surface area contributed by atoms with Gasteiger partial charge in [0, 0.05) is 23.3 Å². The SMILES string of the molecule is CNc1cc(Nc2c(C)cc(Br)cc2C)nc(N)n1. The average Bonchev–Trinajstić information content (AvgIpc) is 2.33. The molecule has 1 aromatic heterocycles. The Morgan fingerprint density at radius 1 is 1.05 bits per heavy atom. The molecule has 5 nitrogen and oxygen atoms in total. The minimum absolute atomic E-state index is 0.238. The number of aromatic nitrogens is 2. The van der Waals surface area contributed by atoms with Crippen molar-refractivity contribution in [3.8, 4) is 0 Å². The molecule has 0 unspecified atom stereocenters. The molecule has 100 valence electrons. The topological polar surface area (TPSA) is 75.9 Å². The lowest BCUT2D eigenvalue weighted by Crippen LogP contribution is -2.04. The molecule has 2 rings (SSSR count). The number of hydrogen-bond acceptors (Lipinski definition) is 5. The zero-order valence-electron chi connectivity index (χ0n) is 11.1. The number of halogens is 1. The summed E-state index contributed by atoms with van der Waals surface area (Å²) in [5.74, 6) is 1.59. The summed E-state index contributed by atoms with van der Waals surface area (Å²) in [6.07, 6.45) is 0. The van der Waals surface area contributed by atoms with Crippen LogP contribution in [0.5, 0.6) is 0 Å². The van der Waals surface area contributed by atoms with E-state index in [1.54, 1.807) is 7.05 Å². The molecule has 4 N–H and O–H groups in total. The van der Waals surface area contributed by atoms with Crippen LogP contribution in [0.3, 0.4) is 0 Å². The zero-order valence-corrected chi connectivity index (χ0v) is 12.7. The highest BCUT2D eigenvalue weighted by molar-refractivity contribution is 9.10. The molecule has 2 aromatic rings. The standard InChI is InChI=1S/C13H16BrN5/c1-7-4-9(14)5-8(2)12(7)17-11-6-10(16-3)18-13(15)19-11/h4-6H,1-3H3,(H4,15,16,17,18,19). The van der Waals surface area contributed by atoms with E-state index in [2.05, 4.69) is 48.7 Å². The molecule has 0 saturated heterocycles. The Labute approximate surface area is 120 Å². The third kappa shape index (κ3) is 3.14. The zero-order chi connectivity index (χ0) is 14.0. The number of nitrogens with zero attached hydrogens (tertiary/aromatic N) is 2. The quantitative estimate of drug-likeness (QED) is 0.809. The summed E-state index contributed by atoms with van der Waals surface area (Å²) in [4.78, 5) is 8.25. The highest BCUT2D eigenvalue weighted by atomic mass is 79.9. The molecule has 0 saturated carbocycles. The van der Waals surface area contributed by atoms with Gasteiger partial charge in [0.2, 0.25) is 5.95 Å². The molecule has 0 aliphatic heterocycles. The Balaban J connectivity index is 2.39. The molecule has 0 amide bonds. The summed E-state index contributed by atoms with van der Waals surface area (Å²) >= 11 is 3.48. The highest BCUT2D eigenvalue weighted by Gasteiger charge is 2.07. The van der Waals surface area contributed by atoms with E-state index in [1.807, 2.05) is 19.9 Å². The monoisotopic (exact) mass is 321 g/mol. The van der Waals surface area contributed by atoms with Gasteiger partial charge in [0.15, 0.2) is 0 Å². The first kappa shape index (κ1) is 13.6. The van der Waals surface area contributed by atoms with Crippen LogP contribution in [0, 0.1) is 13.8 Å². The summed E-state index contributed by atoms with van der Waals surface area (Å²) in [6, 6.07) is 5.93. The molecule has 6 heteroatoms. The van der Waals surface area contributed by atoms with Crippen LogP contribution in [0.2, 0.25) is 0 Å². The maximum Gasteiger partial charge on any atom is 0.223 e. The minimum Gasteiger partial charge on any atom is -0.373 e. The first-order valence-electron chi connectivity index (χ1n) is 5.85.